The van der Waals surface area contributed by atoms with Gasteiger partial charge < -0.3 is 14.5 Å². The summed E-state index contributed by atoms with van der Waals surface area (Å²) in [6.07, 6.45) is 1.23. The molecule has 0 unspecified atom stereocenters. The number of amides is 1. The van der Waals surface area contributed by atoms with Gasteiger partial charge in [0.25, 0.3) is 0 Å². The molecule has 0 aromatic heterocycles. The Bertz CT molecular complexity index is 603. The molecular formula is C21H33N3O2. The van der Waals surface area contributed by atoms with Crippen molar-refractivity contribution in [3.05, 3.63) is 24.3 Å². The molecule has 2 saturated heterocycles. The van der Waals surface area contributed by atoms with Crippen molar-refractivity contribution >= 4 is 11.6 Å². The van der Waals surface area contributed by atoms with Crippen LogP contribution in [0.3, 0.4) is 0 Å². The van der Waals surface area contributed by atoms with Gasteiger partial charge in [-0.1, -0.05) is 19.9 Å². The largest absolute Gasteiger partial charge is 0.497 e. The predicted molar refractivity (Wildman–Crippen MR) is 106 cm³/mol. The van der Waals surface area contributed by atoms with Crippen LogP contribution in [0.4, 0.5) is 5.69 Å². The Morgan fingerprint density at radius 1 is 1.12 bits per heavy atom. The topological polar surface area (TPSA) is 36.0 Å². The number of hydrogen-bond acceptors (Lipinski definition) is 4. The van der Waals surface area contributed by atoms with E-state index in [1.807, 2.05) is 12.1 Å². The summed E-state index contributed by atoms with van der Waals surface area (Å²) >= 11 is 0. The lowest BCUT2D eigenvalue weighted by Gasteiger charge is -2.42. The van der Waals surface area contributed by atoms with Gasteiger partial charge in [-0.25, -0.2) is 0 Å². The van der Waals surface area contributed by atoms with Crippen molar-refractivity contribution in [2.75, 3.05) is 51.3 Å². The summed E-state index contributed by atoms with van der Waals surface area (Å²) in [6.45, 7) is 12.1. The van der Waals surface area contributed by atoms with Crippen LogP contribution in [0.15, 0.2) is 24.3 Å². The van der Waals surface area contributed by atoms with E-state index in [-0.39, 0.29) is 6.04 Å². The van der Waals surface area contributed by atoms with Crippen molar-refractivity contribution in [1.29, 1.82) is 0 Å². The van der Waals surface area contributed by atoms with E-state index in [0.717, 1.165) is 45.0 Å². The number of rotatable bonds is 4. The minimum Gasteiger partial charge on any atom is -0.497 e. The maximum absolute atomic E-state index is 13.0. The van der Waals surface area contributed by atoms with Gasteiger partial charge in [-0.2, -0.15) is 0 Å². The fraction of sp³-hybridized carbons (Fsp3) is 0.667. The highest BCUT2D eigenvalue weighted by Gasteiger charge is 2.32. The Labute approximate surface area is 157 Å². The first-order valence-electron chi connectivity index (χ1n) is 9.89. The van der Waals surface area contributed by atoms with Crippen molar-refractivity contribution < 1.29 is 9.53 Å². The summed E-state index contributed by atoms with van der Waals surface area (Å²) in [6, 6.07) is 8.19. The Hall–Kier alpha value is -1.75. The molecule has 2 fully saturated rings. The van der Waals surface area contributed by atoms with Gasteiger partial charge in [-0.15, -0.1) is 0 Å². The van der Waals surface area contributed by atoms with Crippen LogP contribution in [-0.4, -0.2) is 68.1 Å². The Balaban J connectivity index is 1.56. The third kappa shape index (κ3) is 4.32. The van der Waals surface area contributed by atoms with Gasteiger partial charge in [0.05, 0.1) is 13.2 Å². The lowest BCUT2D eigenvalue weighted by molar-refractivity contribution is -0.139. The molecule has 1 aromatic rings. The van der Waals surface area contributed by atoms with Crippen molar-refractivity contribution in [1.82, 2.24) is 9.80 Å². The maximum Gasteiger partial charge on any atom is 0.239 e. The van der Waals surface area contributed by atoms with Gasteiger partial charge in [-0.3, -0.25) is 9.69 Å². The second kappa shape index (κ2) is 8.30. The molecule has 2 heterocycles. The van der Waals surface area contributed by atoms with Crippen LogP contribution in [0.1, 0.15) is 27.2 Å². The smallest absolute Gasteiger partial charge is 0.239 e. The zero-order chi connectivity index (χ0) is 18.7. The average Bonchev–Trinajstić information content (AvgIpc) is 2.66. The summed E-state index contributed by atoms with van der Waals surface area (Å²) in [7, 11) is 1.70. The number of anilines is 1. The minimum atomic E-state index is -0.0278. The maximum atomic E-state index is 13.0. The van der Waals surface area contributed by atoms with Gasteiger partial charge in [0.1, 0.15) is 5.75 Å². The molecule has 26 heavy (non-hydrogen) atoms. The molecule has 0 N–H and O–H groups in total. The molecule has 2 aliphatic rings. The number of piperazine rings is 1. The SMILES string of the molecule is COc1cccc(N2CCN([C@H](C)C(=O)N3C[C@H](C)C[C@H](C)C3)CC2)c1. The first kappa shape index (κ1) is 19.0. The van der Waals surface area contributed by atoms with Gasteiger partial charge in [-0.05, 0) is 37.3 Å². The van der Waals surface area contributed by atoms with Crippen LogP contribution in [0.25, 0.3) is 0 Å². The molecule has 1 amide bonds. The predicted octanol–water partition coefficient (Wildman–Crippen LogP) is 2.71. The highest BCUT2D eigenvalue weighted by Crippen LogP contribution is 2.24. The van der Waals surface area contributed by atoms with E-state index >= 15 is 0 Å². The summed E-state index contributed by atoms with van der Waals surface area (Å²) in [5, 5.41) is 0. The molecular weight excluding hydrogens is 326 g/mol. The fourth-order valence-corrected chi connectivity index (χ4v) is 4.44. The molecule has 5 nitrogen and oxygen atoms in total. The Kier molecular flexibility index (Phi) is 6.07. The van der Waals surface area contributed by atoms with Gasteiger partial charge in [0.2, 0.25) is 5.91 Å². The van der Waals surface area contributed by atoms with Crippen molar-refractivity contribution in [2.45, 2.75) is 33.2 Å². The van der Waals surface area contributed by atoms with Crippen molar-refractivity contribution in [3.8, 4) is 5.75 Å². The molecule has 1 aromatic carbocycles. The standard InChI is InChI=1S/C21H33N3O2/c1-16-12-17(2)15-24(14-16)21(25)18(3)22-8-10-23(11-9-22)19-6-5-7-20(13-19)26-4/h5-7,13,16-18H,8-12,14-15H2,1-4H3/t16-,17+,18-/m1/s1. The number of nitrogens with zero attached hydrogens (tertiary/aromatic N) is 3. The van der Waals surface area contributed by atoms with Crippen LogP contribution in [0.5, 0.6) is 5.75 Å². The number of carbonyl (C=O) groups is 1. The third-order valence-corrected chi connectivity index (χ3v) is 5.82. The summed E-state index contributed by atoms with van der Waals surface area (Å²) in [4.78, 5) is 19.8. The first-order chi connectivity index (χ1) is 12.5. The van der Waals surface area contributed by atoms with E-state index in [4.69, 9.17) is 4.74 Å². The Morgan fingerprint density at radius 2 is 1.77 bits per heavy atom. The summed E-state index contributed by atoms with van der Waals surface area (Å²) < 4.78 is 5.33. The lowest BCUT2D eigenvalue weighted by Crippen LogP contribution is -2.56. The quantitative estimate of drug-likeness (QED) is 0.828. The molecule has 2 aliphatic heterocycles. The third-order valence-electron chi connectivity index (χ3n) is 5.82. The van der Waals surface area contributed by atoms with E-state index < -0.39 is 0 Å². The molecule has 3 rings (SSSR count). The number of hydrogen-bond donors (Lipinski definition) is 0. The molecule has 0 spiro atoms. The normalized spacial score (nSPS) is 25.8. The Morgan fingerprint density at radius 3 is 2.38 bits per heavy atom. The molecule has 144 valence electrons. The molecule has 3 atom stereocenters. The average molecular weight is 360 g/mol. The van der Waals surface area contributed by atoms with Crippen molar-refractivity contribution in [3.63, 3.8) is 0 Å². The first-order valence-corrected chi connectivity index (χ1v) is 9.89. The fourth-order valence-electron chi connectivity index (χ4n) is 4.44. The second-order valence-electron chi connectivity index (χ2n) is 8.09. The van der Waals surface area contributed by atoms with Gasteiger partial charge >= 0.3 is 0 Å². The monoisotopic (exact) mass is 359 g/mol. The van der Waals surface area contributed by atoms with E-state index in [2.05, 4.69) is 47.6 Å². The zero-order valence-electron chi connectivity index (χ0n) is 16.6. The van der Waals surface area contributed by atoms with Gasteiger partial charge in [0.15, 0.2) is 0 Å². The lowest BCUT2D eigenvalue weighted by atomic mass is 9.91. The number of piperidine rings is 1. The summed E-state index contributed by atoms with van der Waals surface area (Å²) in [5.74, 6) is 2.42. The van der Waals surface area contributed by atoms with Gasteiger partial charge in [0, 0.05) is 51.0 Å². The van der Waals surface area contributed by atoms with Crippen LogP contribution in [0.2, 0.25) is 0 Å². The molecule has 5 heteroatoms. The minimum absolute atomic E-state index is 0.0278. The highest BCUT2D eigenvalue weighted by molar-refractivity contribution is 5.81. The summed E-state index contributed by atoms with van der Waals surface area (Å²) in [5.41, 5.74) is 1.20. The number of carbonyl (C=O) groups excluding carboxylic acids is 1. The molecule has 0 bridgehead atoms. The number of ether oxygens (including phenoxy) is 1. The second-order valence-corrected chi connectivity index (χ2v) is 8.09. The van der Waals surface area contributed by atoms with Crippen LogP contribution in [0, 0.1) is 11.8 Å². The van der Waals surface area contributed by atoms with E-state index in [9.17, 15) is 4.79 Å². The zero-order valence-corrected chi connectivity index (χ0v) is 16.6. The number of methoxy groups -OCH3 is 1. The van der Waals surface area contributed by atoms with E-state index in [1.165, 1.54) is 12.1 Å². The van der Waals surface area contributed by atoms with E-state index in [0.29, 0.717) is 17.7 Å². The molecule has 0 aliphatic carbocycles. The highest BCUT2D eigenvalue weighted by atomic mass is 16.5. The van der Waals surface area contributed by atoms with Crippen LogP contribution < -0.4 is 9.64 Å². The van der Waals surface area contributed by atoms with Crippen molar-refractivity contribution in [2.24, 2.45) is 11.8 Å². The van der Waals surface area contributed by atoms with Crippen LogP contribution in [-0.2, 0) is 4.79 Å². The molecule has 0 saturated carbocycles. The number of benzene rings is 1. The number of likely N-dealkylation sites (tertiary alicyclic amines) is 1. The van der Waals surface area contributed by atoms with E-state index in [1.54, 1.807) is 7.11 Å². The van der Waals surface area contributed by atoms with Crippen LogP contribution >= 0.6 is 0 Å². The molecule has 0 radical (unpaired) electrons.